The molecule has 0 bridgehead atoms. The molecule has 0 unspecified atom stereocenters. The summed E-state index contributed by atoms with van der Waals surface area (Å²) in [6.07, 6.45) is -0.0609. The van der Waals surface area contributed by atoms with Crippen LogP contribution in [0.5, 0.6) is 5.75 Å². The summed E-state index contributed by atoms with van der Waals surface area (Å²) in [5, 5.41) is 9.09. The van der Waals surface area contributed by atoms with Crippen LogP contribution in [-0.4, -0.2) is 28.7 Å². The average Bonchev–Trinajstić information content (AvgIpc) is 2.20. The lowest BCUT2D eigenvalue weighted by Gasteiger charge is -2.16. The minimum Gasteiger partial charge on any atom is -0.508 e. The van der Waals surface area contributed by atoms with E-state index in [2.05, 4.69) is 0 Å². The largest absolute Gasteiger partial charge is 0.508 e. The molecule has 0 aliphatic rings. The highest BCUT2D eigenvalue weighted by molar-refractivity contribution is 5.96. The Hall–Kier alpha value is -1.84. The second kappa shape index (κ2) is 5.30. The summed E-state index contributed by atoms with van der Waals surface area (Å²) in [5.74, 6) is -0.135. The van der Waals surface area contributed by atoms with Crippen molar-refractivity contribution in [1.82, 2.24) is 4.90 Å². The van der Waals surface area contributed by atoms with E-state index in [0.29, 0.717) is 6.54 Å². The molecular formula is C12H15NO3. The molecule has 0 saturated heterocycles. The number of amides is 1. The number of nitrogens with zero attached hydrogens (tertiary/aromatic N) is 1. The van der Waals surface area contributed by atoms with Crippen molar-refractivity contribution < 1.29 is 14.7 Å². The van der Waals surface area contributed by atoms with Crippen LogP contribution in [0.15, 0.2) is 24.3 Å². The second-order valence-electron chi connectivity index (χ2n) is 3.80. The van der Waals surface area contributed by atoms with Gasteiger partial charge < -0.3 is 10.0 Å². The molecule has 0 aliphatic carbocycles. The molecule has 0 atom stereocenters. The first kappa shape index (κ1) is 12.2. The fourth-order valence-electron chi connectivity index (χ4n) is 1.31. The van der Waals surface area contributed by atoms with E-state index in [1.807, 2.05) is 0 Å². The third kappa shape index (κ3) is 3.73. The van der Waals surface area contributed by atoms with Crippen LogP contribution in [0.4, 0.5) is 0 Å². The number of aromatic hydroxyl groups is 1. The summed E-state index contributed by atoms with van der Waals surface area (Å²) in [4.78, 5) is 23.7. The predicted octanol–water partition coefficient (Wildman–Crippen LogP) is 1.33. The number of phenolic OH excluding ortho intramolecular Hbond substituents is 1. The van der Waals surface area contributed by atoms with Crippen LogP contribution in [-0.2, 0) is 16.1 Å². The Labute approximate surface area is 94.5 Å². The Morgan fingerprint density at radius 3 is 2.31 bits per heavy atom. The number of benzene rings is 1. The highest BCUT2D eigenvalue weighted by Gasteiger charge is 2.11. The van der Waals surface area contributed by atoms with Gasteiger partial charge in [-0.3, -0.25) is 9.59 Å². The molecule has 4 nitrogen and oxygen atoms in total. The monoisotopic (exact) mass is 221 g/mol. The standard InChI is InChI=1S/C12H15NO3/c1-9(14)7-12(16)13(2)8-10-3-5-11(15)6-4-10/h3-6,15H,7-8H2,1-2H3. The molecular weight excluding hydrogens is 206 g/mol. The van der Waals surface area contributed by atoms with Crippen molar-refractivity contribution in [2.45, 2.75) is 19.9 Å². The number of Topliss-reactive ketones (excluding diaryl/α,β-unsaturated/α-hetero) is 1. The third-order valence-electron chi connectivity index (χ3n) is 2.18. The van der Waals surface area contributed by atoms with Gasteiger partial charge in [0.2, 0.25) is 5.91 Å². The lowest BCUT2D eigenvalue weighted by molar-refractivity contribution is -0.134. The molecule has 86 valence electrons. The molecule has 4 heteroatoms. The Kier molecular flexibility index (Phi) is 4.05. The predicted molar refractivity (Wildman–Crippen MR) is 59.9 cm³/mol. The van der Waals surface area contributed by atoms with E-state index in [9.17, 15) is 9.59 Å². The zero-order valence-electron chi connectivity index (χ0n) is 9.43. The SMILES string of the molecule is CC(=O)CC(=O)N(C)Cc1ccc(O)cc1. The normalized spacial score (nSPS) is 9.88. The summed E-state index contributed by atoms with van der Waals surface area (Å²) < 4.78 is 0. The Bertz CT molecular complexity index is 384. The van der Waals surface area contributed by atoms with E-state index >= 15 is 0 Å². The fourth-order valence-corrected chi connectivity index (χ4v) is 1.31. The quantitative estimate of drug-likeness (QED) is 0.780. The Balaban J connectivity index is 2.57. The third-order valence-corrected chi connectivity index (χ3v) is 2.18. The van der Waals surface area contributed by atoms with E-state index in [1.165, 1.54) is 11.8 Å². The van der Waals surface area contributed by atoms with Crippen molar-refractivity contribution in [3.8, 4) is 5.75 Å². The maximum absolute atomic E-state index is 11.5. The number of hydrogen-bond acceptors (Lipinski definition) is 3. The molecule has 0 fully saturated rings. The molecule has 0 aromatic heterocycles. The first-order valence-corrected chi connectivity index (χ1v) is 5.00. The molecule has 1 rings (SSSR count). The van der Waals surface area contributed by atoms with Crippen LogP contribution in [0, 0.1) is 0 Å². The smallest absolute Gasteiger partial charge is 0.230 e. The first-order valence-electron chi connectivity index (χ1n) is 5.00. The molecule has 0 aliphatic heterocycles. The number of rotatable bonds is 4. The number of carbonyl (C=O) groups is 2. The fraction of sp³-hybridized carbons (Fsp3) is 0.333. The number of hydrogen-bond donors (Lipinski definition) is 1. The Morgan fingerprint density at radius 2 is 1.81 bits per heavy atom. The lowest BCUT2D eigenvalue weighted by atomic mass is 10.2. The lowest BCUT2D eigenvalue weighted by Crippen LogP contribution is -2.27. The zero-order chi connectivity index (χ0) is 12.1. The molecule has 1 N–H and O–H groups in total. The first-order chi connectivity index (χ1) is 7.49. The molecule has 0 spiro atoms. The van der Waals surface area contributed by atoms with Gasteiger partial charge in [0.15, 0.2) is 0 Å². The van der Waals surface area contributed by atoms with E-state index in [0.717, 1.165) is 5.56 Å². The van der Waals surface area contributed by atoms with Gasteiger partial charge in [0.25, 0.3) is 0 Å². The van der Waals surface area contributed by atoms with Crippen LogP contribution >= 0.6 is 0 Å². The summed E-state index contributed by atoms with van der Waals surface area (Å²) in [6.45, 7) is 1.83. The number of ketones is 1. The van der Waals surface area contributed by atoms with Gasteiger partial charge in [0, 0.05) is 13.6 Å². The number of carbonyl (C=O) groups excluding carboxylic acids is 2. The molecule has 1 amide bonds. The van der Waals surface area contributed by atoms with Crippen molar-refractivity contribution >= 4 is 11.7 Å². The minimum absolute atomic E-state index is 0.0609. The molecule has 1 aromatic rings. The van der Waals surface area contributed by atoms with Crippen LogP contribution in [0.1, 0.15) is 18.9 Å². The van der Waals surface area contributed by atoms with Crippen LogP contribution in [0.3, 0.4) is 0 Å². The van der Waals surface area contributed by atoms with Gasteiger partial charge in [-0.1, -0.05) is 12.1 Å². The maximum Gasteiger partial charge on any atom is 0.230 e. The van der Waals surface area contributed by atoms with Gasteiger partial charge in [-0.05, 0) is 24.6 Å². The summed E-state index contributed by atoms with van der Waals surface area (Å²) >= 11 is 0. The van der Waals surface area contributed by atoms with Crippen LogP contribution in [0.25, 0.3) is 0 Å². The van der Waals surface area contributed by atoms with Crippen LogP contribution in [0.2, 0.25) is 0 Å². The van der Waals surface area contributed by atoms with E-state index in [1.54, 1.807) is 31.3 Å². The van der Waals surface area contributed by atoms with Gasteiger partial charge in [-0.15, -0.1) is 0 Å². The van der Waals surface area contributed by atoms with Crippen molar-refractivity contribution in [2.75, 3.05) is 7.05 Å². The molecule has 0 heterocycles. The van der Waals surface area contributed by atoms with E-state index < -0.39 is 0 Å². The van der Waals surface area contributed by atoms with Crippen molar-refractivity contribution in [2.24, 2.45) is 0 Å². The van der Waals surface area contributed by atoms with Crippen molar-refractivity contribution in [3.63, 3.8) is 0 Å². The summed E-state index contributed by atoms with van der Waals surface area (Å²) in [6, 6.07) is 6.62. The van der Waals surface area contributed by atoms with Gasteiger partial charge in [-0.2, -0.15) is 0 Å². The molecule has 0 radical (unpaired) electrons. The van der Waals surface area contributed by atoms with Gasteiger partial charge in [-0.25, -0.2) is 0 Å². The summed E-state index contributed by atoms with van der Waals surface area (Å²) in [5.41, 5.74) is 0.914. The summed E-state index contributed by atoms with van der Waals surface area (Å²) in [7, 11) is 1.65. The van der Waals surface area contributed by atoms with Gasteiger partial charge in [0.05, 0.1) is 6.42 Å². The topological polar surface area (TPSA) is 57.6 Å². The molecule has 0 saturated carbocycles. The Morgan fingerprint density at radius 1 is 1.25 bits per heavy atom. The minimum atomic E-state index is -0.194. The van der Waals surface area contributed by atoms with Crippen molar-refractivity contribution in [3.05, 3.63) is 29.8 Å². The highest BCUT2D eigenvalue weighted by atomic mass is 16.3. The maximum atomic E-state index is 11.5. The number of phenols is 1. The average molecular weight is 221 g/mol. The van der Waals surface area contributed by atoms with Crippen molar-refractivity contribution in [1.29, 1.82) is 0 Å². The second-order valence-corrected chi connectivity index (χ2v) is 3.80. The highest BCUT2D eigenvalue weighted by Crippen LogP contribution is 2.11. The van der Waals surface area contributed by atoms with Gasteiger partial charge in [0.1, 0.15) is 11.5 Å². The van der Waals surface area contributed by atoms with Crippen LogP contribution < -0.4 is 0 Å². The van der Waals surface area contributed by atoms with E-state index in [4.69, 9.17) is 5.11 Å². The van der Waals surface area contributed by atoms with Gasteiger partial charge >= 0.3 is 0 Å². The molecule has 16 heavy (non-hydrogen) atoms. The van der Waals surface area contributed by atoms with E-state index in [-0.39, 0.29) is 23.9 Å². The zero-order valence-corrected chi connectivity index (χ0v) is 9.43. The molecule has 1 aromatic carbocycles.